The number of nitrogens with zero attached hydrogens (tertiary/aromatic N) is 2. The highest BCUT2D eigenvalue weighted by molar-refractivity contribution is 6.29. The molecule has 59 valence electrons. The zero-order chi connectivity index (χ0) is 8.10. The summed E-state index contributed by atoms with van der Waals surface area (Å²) in [5.74, 6) is 0.690. The molecule has 0 aliphatic carbocycles. The van der Waals surface area contributed by atoms with E-state index in [1.165, 1.54) is 6.20 Å². The lowest BCUT2D eigenvalue weighted by molar-refractivity contribution is 0.200. The number of methoxy groups -OCH3 is 1. The van der Waals surface area contributed by atoms with Crippen LogP contribution in [0, 0.1) is 6.07 Å². The van der Waals surface area contributed by atoms with Gasteiger partial charge in [0.1, 0.15) is 11.0 Å². The molecule has 0 aromatic carbocycles. The molecule has 1 aromatic heterocycles. The number of hydrogen-bond acceptors (Lipinski definition) is 3. The molecule has 1 rings (SSSR count). The van der Waals surface area contributed by atoms with E-state index in [0.29, 0.717) is 24.0 Å². The second kappa shape index (κ2) is 4.26. The van der Waals surface area contributed by atoms with Gasteiger partial charge < -0.3 is 4.74 Å². The Labute approximate surface area is 70.4 Å². The minimum atomic E-state index is 0.353. The SMILES string of the molecule is COCCc1nc[c]c(Cl)n1. The summed E-state index contributed by atoms with van der Waals surface area (Å²) in [5, 5.41) is 0.353. The van der Waals surface area contributed by atoms with Gasteiger partial charge in [0.15, 0.2) is 0 Å². The molecular formula is C7H8ClN2O. The van der Waals surface area contributed by atoms with E-state index < -0.39 is 0 Å². The van der Waals surface area contributed by atoms with Crippen molar-refractivity contribution >= 4 is 11.6 Å². The van der Waals surface area contributed by atoms with Gasteiger partial charge in [0.05, 0.1) is 6.61 Å². The van der Waals surface area contributed by atoms with E-state index in [1.54, 1.807) is 7.11 Å². The van der Waals surface area contributed by atoms with Crippen LogP contribution >= 0.6 is 11.6 Å². The first kappa shape index (κ1) is 8.43. The zero-order valence-corrected chi connectivity index (χ0v) is 6.93. The maximum atomic E-state index is 5.58. The van der Waals surface area contributed by atoms with Crippen molar-refractivity contribution in [2.75, 3.05) is 13.7 Å². The van der Waals surface area contributed by atoms with Crippen molar-refractivity contribution in [1.29, 1.82) is 0 Å². The van der Waals surface area contributed by atoms with E-state index in [4.69, 9.17) is 16.3 Å². The lowest BCUT2D eigenvalue weighted by atomic mass is 10.4. The van der Waals surface area contributed by atoms with E-state index in [0.717, 1.165) is 0 Å². The molecule has 0 aliphatic rings. The van der Waals surface area contributed by atoms with Gasteiger partial charge in [-0.1, -0.05) is 11.6 Å². The van der Waals surface area contributed by atoms with E-state index in [1.807, 2.05) is 0 Å². The van der Waals surface area contributed by atoms with Crippen molar-refractivity contribution in [2.24, 2.45) is 0 Å². The third-order valence-electron chi connectivity index (χ3n) is 1.15. The molecule has 0 fully saturated rings. The fourth-order valence-electron chi connectivity index (χ4n) is 0.648. The lowest BCUT2D eigenvalue weighted by Crippen LogP contribution is -1.99. The standard InChI is InChI=1S/C7H8ClN2O/c1-11-5-3-7-9-4-2-6(8)10-7/h4H,3,5H2,1H3. The lowest BCUT2D eigenvalue weighted by Gasteiger charge is -1.97. The van der Waals surface area contributed by atoms with Crippen molar-refractivity contribution in [3.05, 3.63) is 23.2 Å². The molecular weight excluding hydrogens is 164 g/mol. The van der Waals surface area contributed by atoms with Gasteiger partial charge >= 0.3 is 0 Å². The highest BCUT2D eigenvalue weighted by atomic mass is 35.5. The Morgan fingerprint density at radius 1 is 1.73 bits per heavy atom. The fourth-order valence-corrected chi connectivity index (χ4v) is 0.795. The van der Waals surface area contributed by atoms with E-state index in [2.05, 4.69) is 16.0 Å². The van der Waals surface area contributed by atoms with Crippen molar-refractivity contribution in [1.82, 2.24) is 9.97 Å². The van der Waals surface area contributed by atoms with Gasteiger partial charge in [0.2, 0.25) is 0 Å². The maximum Gasteiger partial charge on any atom is 0.140 e. The molecule has 0 saturated carbocycles. The molecule has 0 N–H and O–H groups in total. The normalized spacial score (nSPS) is 10.0. The summed E-state index contributed by atoms with van der Waals surface area (Å²) >= 11 is 5.58. The zero-order valence-electron chi connectivity index (χ0n) is 6.17. The molecule has 0 aliphatic heterocycles. The van der Waals surface area contributed by atoms with Crippen LogP contribution < -0.4 is 0 Å². The average molecular weight is 172 g/mol. The summed E-state index contributed by atoms with van der Waals surface area (Å²) in [4.78, 5) is 7.88. The van der Waals surface area contributed by atoms with Gasteiger partial charge in [-0.3, -0.25) is 0 Å². The van der Waals surface area contributed by atoms with Crippen LogP contribution in [0.2, 0.25) is 5.15 Å². The van der Waals surface area contributed by atoms with Crippen LogP contribution in [0.4, 0.5) is 0 Å². The van der Waals surface area contributed by atoms with Crippen LogP contribution in [-0.4, -0.2) is 23.7 Å². The molecule has 4 heteroatoms. The van der Waals surface area contributed by atoms with Gasteiger partial charge in [-0.05, 0) is 0 Å². The quantitative estimate of drug-likeness (QED) is 0.640. The number of halogens is 1. The molecule has 1 radical (unpaired) electrons. The van der Waals surface area contributed by atoms with E-state index >= 15 is 0 Å². The summed E-state index contributed by atoms with van der Waals surface area (Å²) in [7, 11) is 1.64. The van der Waals surface area contributed by atoms with Crippen molar-refractivity contribution in [2.45, 2.75) is 6.42 Å². The third-order valence-corrected chi connectivity index (χ3v) is 1.35. The molecule has 0 bridgehead atoms. The Morgan fingerprint density at radius 2 is 2.55 bits per heavy atom. The van der Waals surface area contributed by atoms with Crippen LogP contribution in [0.5, 0.6) is 0 Å². The summed E-state index contributed by atoms with van der Waals surface area (Å²) in [6.07, 6.45) is 2.20. The van der Waals surface area contributed by atoms with Gasteiger partial charge in [-0.2, -0.15) is 0 Å². The monoisotopic (exact) mass is 171 g/mol. The second-order valence-electron chi connectivity index (χ2n) is 1.96. The highest BCUT2D eigenvalue weighted by Crippen LogP contribution is 2.01. The largest absolute Gasteiger partial charge is 0.384 e. The topological polar surface area (TPSA) is 35.0 Å². The number of aromatic nitrogens is 2. The maximum absolute atomic E-state index is 5.58. The van der Waals surface area contributed by atoms with Crippen LogP contribution in [0.25, 0.3) is 0 Å². The van der Waals surface area contributed by atoms with Crippen molar-refractivity contribution in [3.63, 3.8) is 0 Å². The first-order chi connectivity index (χ1) is 5.33. The van der Waals surface area contributed by atoms with E-state index in [9.17, 15) is 0 Å². The minimum Gasteiger partial charge on any atom is -0.384 e. The molecule has 0 saturated heterocycles. The first-order valence-corrected chi connectivity index (χ1v) is 3.59. The molecule has 11 heavy (non-hydrogen) atoms. The molecule has 1 aromatic rings. The Balaban J connectivity index is 2.56. The first-order valence-electron chi connectivity index (χ1n) is 3.21. The molecule has 0 unspecified atom stereocenters. The second-order valence-corrected chi connectivity index (χ2v) is 2.32. The molecule has 0 amide bonds. The van der Waals surface area contributed by atoms with Crippen LogP contribution in [0.1, 0.15) is 5.82 Å². The predicted octanol–water partition coefficient (Wildman–Crippen LogP) is 1.12. The smallest absolute Gasteiger partial charge is 0.140 e. The Hall–Kier alpha value is -0.670. The Bertz CT molecular complexity index is 229. The van der Waals surface area contributed by atoms with E-state index in [-0.39, 0.29) is 0 Å². The summed E-state index contributed by atoms with van der Waals surface area (Å²) in [6.45, 7) is 0.611. The summed E-state index contributed by atoms with van der Waals surface area (Å²) in [5.41, 5.74) is 0. The minimum absolute atomic E-state index is 0.353. The van der Waals surface area contributed by atoms with Crippen molar-refractivity contribution in [3.8, 4) is 0 Å². The van der Waals surface area contributed by atoms with Gasteiger partial charge in [0.25, 0.3) is 0 Å². The molecule has 0 spiro atoms. The summed E-state index contributed by atoms with van der Waals surface area (Å²) in [6, 6.07) is 2.65. The number of rotatable bonds is 3. The highest BCUT2D eigenvalue weighted by Gasteiger charge is 1.95. The Morgan fingerprint density at radius 3 is 3.18 bits per heavy atom. The molecule has 1 heterocycles. The average Bonchev–Trinajstić information content (AvgIpc) is 2.01. The van der Waals surface area contributed by atoms with Crippen LogP contribution in [0.15, 0.2) is 6.20 Å². The van der Waals surface area contributed by atoms with Crippen LogP contribution in [0.3, 0.4) is 0 Å². The van der Waals surface area contributed by atoms with Gasteiger partial charge in [-0.15, -0.1) is 0 Å². The van der Waals surface area contributed by atoms with Crippen molar-refractivity contribution < 1.29 is 4.74 Å². The van der Waals surface area contributed by atoms with Crippen LogP contribution in [-0.2, 0) is 11.2 Å². The molecule has 0 atom stereocenters. The predicted molar refractivity (Wildman–Crippen MR) is 41.5 cm³/mol. The number of ether oxygens (including phenoxy) is 1. The van der Waals surface area contributed by atoms with Gasteiger partial charge in [0, 0.05) is 25.8 Å². The third kappa shape index (κ3) is 2.82. The summed E-state index contributed by atoms with van der Waals surface area (Å²) < 4.78 is 4.85. The fraction of sp³-hybridized carbons (Fsp3) is 0.429. The number of hydrogen-bond donors (Lipinski definition) is 0. The molecule has 3 nitrogen and oxygen atoms in total. The Kier molecular flexibility index (Phi) is 3.26. The van der Waals surface area contributed by atoms with Gasteiger partial charge in [-0.25, -0.2) is 9.97 Å².